The van der Waals surface area contributed by atoms with Gasteiger partial charge in [0, 0.05) is 19.0 Å². The van der Waals surface area contributed by atoms with Gasteiger partial charge in [0.05, 0.1) is 0 Å². The summed E-state index contributed by atoms with van der Waals surface area (Å²) in [5.74, 6) is 0.737. The van der Waals surface area contributed by atoms with Gasteiger partial charge in [-0.25, -0.2) is 0 Å². The zero-order valence-corrected chi connectivity index (χ0v) is 13.9. The maximum atomic E-state index is 2.46. The fourth-order valence-corrected chi connectivity index (χ4v) is 4.46. The average molecular weight is 303 g/mol. The van der Waals surface area contributed by atoms with Gasteiger partial charge in [-0.15, -0.1) is 0 Å². The van der Waals surface area contributed by atoms with Crippen LogP contribution in [0.2, 0.25) is 0 Å². The van der Waals surface area contributed by atoms with E-state index in [9.17, 15) is 0 Å². The first-order valence-electron chi connectivity index (χ1n) is 8.86. The molecular formula is C22H25N. The number of benzene rings is 2. The van der Waals surface area contributed by atoms with Crippen molar-refractivity contribution in [3.05, 3.63) is 83.1 Å². The van der Waals surface area contributed by atoms with Gasteiger partial charge < -0.3 is 4.90 Å². The average Bonchev–Trinajstić information content (AvgIpc) is 2.97. The molecule has 2 aliphatic rings. The van der Waals surface area contributed by atoms with Crippen molar-refractivity contribution in [3.63, 3.8) is 0 Å². The highest BCUT2D eigenvalue weighted by atomic mass is 15.1. The molecule has 0 N–H and O–H groups in total. The zero-order valence-electron chi connectivity index (χ0n) is 13.9. The standard InChI is InChI=1S/C22H25N/c1-23(15-7-10-17-8-3-2-4-9-17)21-16-19-13-5-11-18-12-6-14-20(21)22(18)19/h2-5,7-9,11,13,15,20-21H,6,10,12,14,16H2,1H3/b15-7+. The van der Waals surface area contributed by atoms with Gasteiger partial charge in [0.25, 0.3) is 0 Å². The van der Waals surface area contributed by atoms with E-state index in [2.05, 4.69) is 72.8 Å². The van der Waals surface area contributed by atoms with Crippen LogP contribution in [0.15, 0.2) is 60.8 Å². The van der Waals surface area contributed by atoms with Crippen molar-refractivity contribution in [1.29, 1.82) is 0 Å². The molecule has 4 rings (SSSR count). The number of nitrogens with zero attached hydrogens (tertiary/aromatic N) is 1. The van der Waals surface area contributed by atoms with Crippen LogP contribution in [-0.2, 0) is 19.3 Å². The normalized spacial score (nSPS) is 22.3. The van der Waals surface area contributed by atoms with Gasteiger partial charge in [0.1, 0.15) is 0 Å². The largest absolute Gasteiger partial charge is 0.377 e. The minimum absolute atomic E-state index is 0.637. The topological polar surface area (TPSA) is 3.24 Å². The van der Waals surface area contributed by atoms with E-state index < -0.39 is 0 Å². The van der Waals surface area contributed by atoms with Gasteiger partial charge in [-0.05, 0) is 60.6 Å². The Labute approximate surface area is 139 Å². The molecule has 2 aromatic carbocycles. The Balaban J connectivity index is 1.48. The van der Waals surface area contributed by atoms with Crippen molar-refractivity contribution < 1.29 is 0 Å². The van der Waals surface area contributed by atoms with E-state index in [4.69, 9.17) is 0 Å². The van der Waals surface area contributed by atoms with Crippen LogP contribution in [0.1, 0.15) is 41.0 Å². The zero-order chi connectivity index (χ0) is 15.6. The second-order valence-electron chi connectivity index (χ2n) is 7.00. The quantitative estimate of drug-likeness (QED) is 0.790. The molecule has 0 aliphatic heterocycles. The Morgan fingerprint density at radius 1 is 1.04 bits per heavy atom. The van der Waals surface area contributed by atoms with E-state index in [1.54, 1.807) is 16.7 Å². The minimum Gasteiger partial charge on any atom is -0.377 e. The van der Waals surface area contributed by atoms with Gasteiger partial charge >= 0.3 is 0 Å². The third-order valence-corrected chi connectivity index (χ3v) is 5.57. The highest BCUT2D eigenvalue weighted by Gasteiger charge is 2.37. The summed E-state index contributed by atoms with van der Waals surface area (Å²) in [7, 11) is 2.26. The number of hydrogen-bond donors (Lipinski definition) is 0. The highest BCUT2D eigenvalue weighted by molar-refractivity contribution is 5.45. The lowest BCUT2D eigenvalue weighted by atomic mass is 9.82. The van der Waals surface area contributed by atoms with E-state index in [1.807, 2.05) is 0 Å². The predicted octanol–water partition coefficient (Wildman–Crippen LogP) is 4.72. The van der Waals surface area contributed by atoms with Crippen LogP contribution in [0.3, 0.4) is 0 Å². The monoisotopic (exact) mass is 303 g/mol. The Morgan fingerprint density at radius 2 is 1.87 bits per heavy atom. The van der Waals surface area contributed by atoms with Gasteiger partial charge in [-0.2, -0.15) is 0 Å². The summed E-state index contributed by atoms with van der Waals surface area (Å²) in [6, 6.07) is 18.3. The lowest BCUT2D eigenvalue weighted by molar-refractivity contribution is 0.282. The first kappa shape index (κ1) is 14.6. The predicted molar refractivity (Wildman–Crippen MR) is 96.7 cm³/mol. The number of aryl methyl sites for hydroxylation is 1. The SMILES string of the molecule is CN(/C=C/Cc1ccccc1)C1Cc2cccc3c2C1CCC3. The molecule has 0 fully saturated rings. The van der Waals surface area contributed by atoms with Gasteiger partial charge in [0.2, 0.25) is 0 Å². The molecule has 0 saturated carbocycles. The maximum absolute atomic E-state index is 2.46. The van der Waals surface area contributed by atoms with E-state index in [1.165, 1.54) is 31.2 Å². The fourth-order valence-electron chi connectivity index (χ4n) is 4.46. The van der Waals surface area contributed by atoms with E-state index in [-0.39, 0.29) is 0 Å². The molecule has 1 nitrogen and oxygen atoms in total. The van der Waals surface area contributed by atoms with E-state index in [0.29, 0.717) is 6.04 Å². The fraction of sp³-hybridized carbons (Fsp3) is 0.364. The molecule has 118 valence electrons. The second kappa shape index (κ2) is 6.23. The smallest absolute Gasteiger partial charge is 0.0390 e. The lowest BCUT2D eigenvalue weighted by Gasteiger charge is -2.32. The van der Waals surface area contributed by atoms with Crippen molar-refractivity contribution >= 4 is 0 Å². The molecule has 23 heavy (non-hydrogen) atoms. The summed E-state index contributed by atoms with van der Waals surface area (Å²) in [4.78, 5) is 2.46. The van der Waals surface area contributed by atoms with E-state index in [0.717, 1.165) is 12.3 Å². The van der Waals surface area contributed by atoms with Crippen molar-refractivity contribution in [2.24, 2.45) is 0 Å². The van der Waals surface area contributed by atoms with Crippen LogP contribution < -0.4 is 0 Å². The Hall–Kier alpha value is -2.02. The number of rotatable bonds is 4. The van der Waals surface area contributed by atoms with Crippen LogP contribution in [0.5, 0.6) is 0 Å². The van der Waals surface area contributed by atoms with Gasteiger partial charge in [-0.1, -0.05) is 54.6 Å². The van der Waals surface area contributed by atoms with Crippen LogP contribution in [-0.4, -0.2) is 18.0 Å². The first-order valence-corrected chi connectivity index (χ1v) is 8.86. The molecule has 0 spiro atoms. The van der Waals surface area contributed by atoms with Gasteiger partial charge in [-0.3, -0.25) is 0 Å². The molecule has 2 unspecified atom stereocenters. The molecule has 0 radical (unpaired) electrons. The molecule has 0 saturated heterocycles. The van der Waals surface area contributed by atoms with Crippen LogP contribution in [0, 0.1) is 0 Å². The molecule has 2 aliphatic carbocycles. The van der Waals surface area contributed by atoms with Crippen LogP contribution >= 0.6 is 0 Å². The third-order valence-electron chi connectivity index (χ3n) is 5.57. The summed E-state index contributed by atoms with van der Waals surface area (Å²) >= 11 is 0. The summed E-state index contributed by atoms with van der Waals surface area (Å²) in [5, 5.41) is 0. The number of hydrogen-bond acceptors (Lipinski definition) is 1. The summed E-state index contributed by atoms with van der Waals surface area (Å²) in [5.41, 5.74) is 6.28. The Bertz CT molecular complexity index is 701. The summed E-state index contributed by atoms with van der Waals surface area (Å²) in [6.07, 6.45) is 10.8. The third kappa shape index (κ3) is 2.81. The van der Waals surface area contributed by atoms with Crippen LogP contribution in [0.25, 0.3) is 0 Å². The molecule has 1 heteroatoms. The Kier molecular flexibility index (Phi) is 3.95. The summed E-state index contributed by atoms with van der Waals surface area (Å²) in [6.45, 7) is 0. The summed E-state index contributed by atoms with van der Waals surface area (Å²) < 4.78 is 0. The molecule has 2 atom stereocenters. The molecule has 0 aromatic heterocycles. The van der Waals surface area contributed by atoms with E-state index >= 15 is 0 Å². The molecular weight excluding hydrogens is 278 g/mol. The first-order chi connectivity index (χ1) is 11.3. The number of likely N-dealkylation sites (N-methyl/N-ethyl adjacent to an activating group) is 1. The van der Waals surface area contributed by atoms with Crippen molar-refractivity contribution in [1.82, 2.24) is 4.90 Å². The minimum atomic E-state index is 0.637. The number of allylic oxidation sites excluding steroid dienone is 1. The molecule has 0 heterocycles. The molecule has 0 amide bonds. The Morgan fingerprint density at radius 3 is 2.74 bits per heavy atom. The van der Waals surface area contributed by atoms with Gasteiger partial charge in [0.15, 0.2) is 0 Å². The molecule has 0 bridgehead atoms. The van der Waals surface area contributed by atoms with Crippen molar-refractivity contribution in [3.8, 4) is 0 Å². The van der Waals surface area contributed by atoms with Crippen molar-refractivity contribution in [2.45, 2.75) is 44.1 Å². The second-order valence-corrected chi connectivity index (χ2v) is 7.00. The van der Waals surface area contributed by atoms with Crippen LogP contribution in [0.4, 0.5) is 0 Å². The highest BCUT2D eigenvalue weighted by Crippen LogP contribution is 2.44. The lowest BCUT2D eigenvalue weighted by Crippen LogP contribution is -2.32. The maximum Gasteiger partial charge on any atom is 0.0390 e. The van der Waals surface area contributed by atoms with Crippen molar-refractivity contribution in [2.75, 3.05) is 7.05 Å². The molecule has 2 aromatic rings.